The SMILES string of the molecule is CC(C)(C)C1=NNC(c2ccc(Cl)cc2)C1n1cncn1. The number of aromatic nitrogens is 3. The smallest absolute Gasteiger partial charge is 0.137 e. The van der Waals surface area contributed by atoms with Crippen molar-refractivity contribution < 1.29 is 0 Å². The molecule has 0 fully saturated rings. The van der Waals surface area contributed by atoms with Gasteiger partial charge in [-0.25, -0.2) is 9.67 Å². The van der Waals surface area contributed by atoms with E-state index in [9.17, 15) is 0 Å². The fourth-order valence-electron chi connectivity index (χ4n) is 2.61. The molecule has 110 valence electrons. The van der Waals surface area contributed by atoms with Gasteiger partial charge < -0.3 is 0 Å². The normalized spacial score (nSPS) is 22.0. The summed E-state index contributed by atoms with van der Waals surface area (Å²) in [5, 5.41) is 9.61. The second-order valence-corrected chi connectivity index (χ2v) is 6.66. The van der Waals surface area contributed by atoms with Crippen LogP contribution in [-0.2, 0) is 0 Å². The molecule has 5 nitrogen and oxygen atoms in total. The van der Waals surface area contributed by atoms with Gasteiger partial charge in [-0.3, -0.25) is 5.43 Å². The van der Waals surface area contributed by atoms with Gasteiger partial charge in [-0.15, -0.1) is 0 Å². The highest BCUT2D eigenvalue weighted by Crippen LogP contribution is 2.37. The molecule has 6 heteroatoms. The van der Waals surface area contributed by atoms with Gasteiger partial charge in [0, 0.05) is 10.4 Å². The number of hydrogen-bond acceptors (Lipinski definition) is 4. The zero-order chi connectivity index (χ0) is 15.0. The van der Waals surface area contributed by atoms with Gasteiger partial charge in [0.2, 0.25) is 0 Å². The summed E-state index contributed by atoms with van der Waals surface area (Å²) < 4.78 is 1.86. The molecule has 0 radical (unpaired) electrons. The Kier molecular flexibility index (Phi) is 3.45. The van der Waals surface area contributed by atoms with Crippen molar-refractivity contribution in [3.63, 3.8) is 0 Å². The summed E-state index contributed by atoms with van der Waals surface area (Å²) >= 11 is 5.98. The lowest BCUT2D eigenvalue weighted by atomic mass is 9.82. The lowest BCUT2D eigenvalue weighted by molar-refractivity contribution is 0.429. The standard InChI is InChI=1S/C15H18ClN5/c1-15(2,3)14-13(21-9-17-8-18-21)12(19-20-14)10-4-6-11(16)7-5-10/h4-9,12-13,19H,1-3H3. The largest absolute Gasteiger partial charge is 0.300 e. The molecule has 0 aliphatic carbocycles. The van der Waals surface area contributed by atoms with Gasteiger partial charge in [-0.05, 0) is 17.7 Å². The van der Waals surface area contributed by atoms with E-state index < -0.39 is 0 Å². The van der Waals surface area contributed by atoms with Crippen LogP contribution in [0.2, 0.25) is 5.02 Å². The van der Waals surface area contributed by atoms with Crippen LogP contribution < -0.4 is 5.43 Å². The molecule has 1 aromatic carbocycles. The van der Waals surface area contributed by atoms with Crippen LogP contribution in [-0.4, -0.2) is 20.5 Å². The number of benzene rings is 1. The third-order valence-corrected chi connectivity index (χ3v) is 3.89. The molecule has 1 aliphatic heterocycles. The molecule has 2 unspecified atom stereocenters. The topological polar surface area (TPSA) is 55.1 Å². The number of hydrazone groups is 1. The summed E-state index contributed by atoms with van der Waals surface area (Å²) in [6, 6.07) is 7.86. The van der Waals surface area contributed by atoms with Crippen LogP contribution >= 0.6 is 11.6 Å². The molecule has 1 aromatic heterocycles. The highest BCUT2D eigenvalue weighted by molar-refractivity contribution is 6.30. The van der Waals surface area contributed by atoms with E-state index in [-0.39, 0.29) is 17.5 Å². The second kappa shape index (κ2) is 5.15. The van der Waals surface area contributed by atoms with Crippen LogP contribution in [0.1, 0.15) is 38.4 Å². The van der Waals surface area contributed by atoms with Crippen LogP contribution in [0.15, 0.2) is 42.0 Å². The van der Waals surface area contributed by atoms with Crippen LogP contribution in [0.5, 0.6) is 0 Å². The lowest BCUT2D eigenvalue weighted by Crippen LogP contribution is -2.32. The molecule has 0 amide bonds. The van der Waals surface area contributed by atoms with E-state index in [2.05, 4.69) is 41.4 Å². The zero-order valence-electron chi connectivity index (χ0n) is 12.3. The highest BCUT2D eigenvalue weighted by Gasteiger charge is 2.40. The molecule has 3 rings (SSSR count). The summed E-state index contributed by atoms with van der Waals surface area (Å²) in [6.07, 6.45) is 3.29. The van der Waals surface area contributed by atoms with Crippen LogP contribution in [0, 0.1) is 5.41 Å². The van der Waals surface area contributed by atoms with Gasteiger partial charge in [-0.2, -0.15) is 10.2 Å². The van der Waals surface area contributed by atoms with E-state index in [1.54, 1.807) is 12.7 Å². The summed E-state index contributed by atoms with van der Waals surface area (Å²) in [7, 11) is 0. The minimum atomic E-state index is -0.0508. The summed E-state index contributed by atoms with van der Waals surface area (Å²) in [5.41, 5.74) is 5.38. The average molecular weight is 304 g/mol. The Morgan fingerprint density at radius 2 is 1.90 bits per heavy atom. The molecule has 2 atom stereocenters. The van der Waals surface area contributed by atoms with Crippen molar-refractivity contribution in [3.05, 3.63) is 47.5 Å². The minimum Gasteiger partial charge on any atom is -0.300 e. The van der Waals surface area contributed by atoms with E-state index in [1.807, 2.05) is 28.9 Å². The molecule has 0 spiro atoms. The number of halogens is 1. The molecule has 2 aromatic rings. The first-order chi connectivity index (χ1) is 9.97. The van der Waals surface area contributed by atoms with Crippen molar-refractivity contribution in [2.24, 2.45) is 10.5 Å². The fraction of sp³-hybridized carbons (Fsp3) is 0.400. The van der Waals surface area contributed by atoms with Gasteiger partial charge >= 0.3 is 0 Å². The van der Waals surface area contributed by atoms with Crippen LogP contribution in [0.4, 0.5) is 0 Å². The van der Waals surface area contributed by atoms with Crippen molar-refractivity contribution >= 4 is 17.3 Å². The minimum absolute atomic E-state index is 0.00803. The van der Waals surface area contributed by atoms with Gasteiger partial charge in [-0.1, -0.05) is 44.5 Å². The van der Waals surface area contributed by atoms with Crippen molar-refractivity contribution in [1.29, 1.82) is 0 Å². The van der Waals surface area contributed by atoms with E-state index in [1.165, 1.54) is 0 Å². The predicted octanol–water partition coefficient (Wildman–Crippen LogP) is 3.22. The molecule has 21 heavy (non-hydrogen) atoms. The fourth-order valence-corrected chi connectivity index (χ4v) is 2.74. The maximum atomic E-state index is 5.98. The van der Waals surface area contributed by atoms with Gasteiger partial charge in [0.1, 0.15) is 18.7 Å². The van der Waals surface area contributed by atoms with E-state index in [0.29, 0.717) is 0 Å². The maximum Gasteiger partial charge on any atom is 0.137 e. The molecule has 0 bridgehead atoms. The lowest BCUT2D eigenvalue weighted by Gasteiger charge is -2.27. The molecule has 0 saturated heterocycles. The Morgan fingerprint density at radius 1 is 1.19 bits per heavy atom. The summed E-state index contributed by atoms with van der Waals surface area (Å²) in [6.45, 7) is 6.46. The van der Waals surface area contributed by atoms with E-state index in [0.717, 1.165) is 16.3 Å². The summed E-state index contributed by atoms with van der Waals surface area (Å²) in [4.78, 5) is 4.07. The third kappa shape index (κ3) is 2.65. The number of nitrogens with zero attached hydrogens (tertiary/aromatic N) is 4. The maximum absolute atomic E-state index is 5.98. The Balaban J connectivity index is 2.01. The molecular formula is C15H18ClN5. The van der Waals surface area contributed by atoms with Gasteiger partial charge in [0.05, 0.1) is 11.8 Å². The molecule has 0 saturated carbocycles. The van der Waals surface area contributed by atoms with Gasteiger partial charge in [0.15, 0.2) is 0 Å². The zero-order valence-corrected chi connectivity index (χ0v) is 13.0. The van der Waals surface area contributed by atoms with Crippen molar-refractivity contribution in [2.75, 3.05) is 0 Å². The van der Waals surface area contributed by atoms with Crippen molar-refractivity contribution in [2.45, 2.75) is 32.9 Å². The van der Waals surface area contributed by atoms with Crippen molar-refractivity contribution in [3.8, 4) is 0 Å². The van der Waals surface area contributed by atoms with E-state index in [4.69, 9.17) is 11.6 Å². The first kappa shape index (κ1) is 14.1. The Hall–Kier alpha value is -1.88. The van der Waals surface area contributed by atoms with Crippen molar-refractivity contribution in [1.82, 2.24) is 20.2 Å². The Morgan fingerprint density at radius 3 is 2.48 bits per heavy atom. The Bertz CT molecular complexity index is 640. The first-order valence-electron chi connectivity index (χ1n) is 6.90. The van der Waals surface area contributed by atoms with E-state index >= 15 is 0 Å². The Labute approximate surface area is 129 Å². The number of nitrogens with one attached hydrogen (secondary N) is 1. The average Bonchev–Trinajstić information content (AvgIpc) is 3.07. The van der Waals surface area contributed by atoms with Gasteiger partial charge in [0.25, 0.3) is 0 Å². The number of hydrogen-bond donors (Lipinski definition) is 1. The molecular weight excluding hydrogens is 286 g/mol. The number of rotatable bonds is 2. The molecule has 1 N–H and O–H groups in total. The monoisotopic (exact) mass is 303 g/mol. The summed E-state index contributed by atoms with van der Waals surface area (Å²) in [5.74, 6) is 0. The second-order valence-electron chi connectivity index (χ2n) is 6.23. The highest BCUT2D eigenvalue weighted by atomic mass is 35.5. The first-order valence-corrected chi connectivity index (χ1v) is 7.28. The van der Waals surface area contributed by atoms with Crippen LogP contribution in [0.25, 0.3) is 0 Å². The predicted molar refractivity (Wildman–Crippen MR) is 83.3 cm³/mol. The quantitative estimate of drug-likeness (QED) is 0.927. The van der Waals surface area contributed by atoms with Crippen LogP contribution in [0.3, 0.4) is 0 Å². The molecule has 2 heterocycles. The third-order valence-electron chi connectivity index (χ3n) is 3.64. The molecule has 1 aliphatic rings.